The number of pyridine rings is 1. The molecule has 1 aliphatic heterocycles. The molecule has 17 heteroatoms. The van der Waals surface area contributed by atoms with Gasteiger partial charge in [-0.1, -0.05) is 57.9 Å². The van der Waals surface area contributed by atoms with E-state index in [0.29, 0.717) is 54.0 Å². The van der Waals surface area contributed by atoms with E-state index in [0.717, 1.165) is 0 Å². The van der Waals surface area contributed by atoms with Gasteiger partial charge in [0.15, 0.2) is 0 Å². The molecule has 1 aromatic carbocycles. The van der Waals surface area contributed by atoms with Crippen molar-refractivity contribution in [2.24, 2.45) is 11.3 Å². The Bertz CT molecular complexity index is 1980. The average molecular weight is 820 g/mol. The van der Waals surface area contributed by atoms with Crippen molar-refractivity contribution in [1.82, 2.24) is 25.2 Å². The van der Waals surface area contributed by atoms with Crippen LogP contribution in [0.4, 0.5) is 4.79 Å². The number of fused-ring (bicyclic) bond motifs is 1. The lowest BCUT2D eigenvalue weighted by Crippen LogP contribution is -2.60. The number of rotatable bonds is 15. The van der Waals surface area contributed by atoms with Crippen molar-refractivity contribution < 1.29 is 46.0 Å². The Kier molecular flexibility index (Phi) is 12.3. The molecule has 0 spiro atoms. The summed E-state index contributed by atoms with van der Waals surface area (Å²) in [5, 5.41) is 6.40. The van der Waals surface area contributed by atoms with Gasteiger partial charge in [-0.3, -0.25) is 14.4 Å². The van der Waals surface area contributed by atoms with E-state index in [1.165, 1.54) is 11.0 Å². The zero-order valence-corrected chi connectivity index (χ0v) is 34.9. The molecule has 3 aliphatic rings. The minimum Gasteiger partial charge on any atom is -0.488 e. The van der Waals surface area contributed by atoms with E-state index in [1.54, 1.807) is 65.8 Å². The summed E-state index contributed by atoms with van der Waals surface area (Å²) >= 11 is 6.50. The number of alkyl carbamates (subject to hydrolysis) is 1. The number of amides is 4. The fourth-order valence-electron chi connectivity index (χ4n) is 7.04. The lowest BCUT2D eigenvalue weighted by molar-refractivity contribution is -0.143. The van der Waals surface area contributed by atoms with Crippen molar-refractivity contribution in [3.8, 4) is 11.6 Å². The second kappa shape index (κ2) is 16.0. The topological polar surface area (TPSA) is 192 Å². The van der Waals surface area contributed by atoms with Crippen LogP contribution in [-0.4, -0.2) is 90.2 Å². The van der Waals surface area contributed by atoms with Crippen LogP contribution in [0, 0.1) is 11.3 Å². The first kappa shape index (κ1) is 43.0. The van der Waals surface area contributed by atoms with Gasteiger partial charge in [-0.15, -0.1) is 6.58 Å². The van der Waals surface area contributed by atoms with Crippen LogP contribution in [0.25, 0.3) is 10.9 Å². The second-order valence-corrected chi connectivity index (χ2v) is 18.5. The Morgan fingerprint density at radius 1 is 1.12 bits per heavy atom. The van der Waals surface area contributed by atoms with Crippen LogP contribution in [0.3, 0.4) is 0 Å². The third-order valence-corrected chi connectivity index (χ3v) is 11.3. The molecule has 15 nitrogen and oxygen atoms in total. The minimum atomic E-state index is -4.52. The summed E-state index contributed by atoms with van der Waals surface area (Å²) in [6.07, 6.45) is 2.22. The maximum Gasteiger partial charge on any atom is 0.408 e. The smallest absolute Gasteiger partial charge is 0.408 e. The van der Waals surface area contributed by atoms with Crippen molar-refractivity contribution in [3.05, 3.63) is 41.9 Å². The fraction of sp³-hybridized carbons (Fsp3) is 0.615. The van der Waals surface area contributed by atoms with E-state index in [4.69, 9.17) is 30.0 Å². The number of hydrogen-bond donors (Lipinski definition) is 3. The summed E-state index contributed by atoms with van der Waals surface area (Å²) < 4.78 is 51.2. The summed E-state index contributed by atoms with van der Waals surface area (Å²) in [5.41, 5.74) is -3.79. The SMILES string of the molecule is C=C[C@@H]1C[C@]1(NC(=O)[C@@H]1C[C@@H](Oc2cc(OCC)nc3c(Cl)cccc23)CN1C(=O)[C@@H](NC(=O)OC(C)(C)C)C(C)(C)C)C(=O)NS(=O)(=O)OC1(CCC)CC1. The summed E-state index contributed by atoms with van der Waals surface area (Å²) in [5.74, 6) is -2.29. The van der Waals surface area contributed by atoms with Gasteiger partial charge in [0.2, 0.25) is 17.7 Å². The number of likely N-dealkylation sites (tertiary alicyclic amines) is 1. The minimum absolute atomic E-state index is 0.0351. The third kappa shape index (κ3) is 9.86. The first-order valence-corrected chi connectivity index (χ1v) is 20.8. The molecule has 5 rings (SSSR count). The molecule has 308 valence electrons. The quantitative estimate of drug-likeness (QED) is 0.197. The number of nitrogens with zero attached hydrogens (tertiary/aromatic N) is 2. The Labute approximate surface area is 333 Å². The molecular weight excluding hydrogens is 766 g/mol. The molecule has 2 aromatic rings. The van der Waals surface area contributed by atoms with Crippen LogP contribution in [0.5, 0.6) is 11.6 Å². The van der Waals surface area contributed by atoms with E-state index in [1.807, 2.05) is 18.6 Å². The Morgan fingerprint density at radius 2 is 1.82 bits per heavy atom. The number of aromatic nitrogens is 1. The van der Waals surface area contributed by atoms with Crippen molar-refractivity contribution in [2.75, 3.05) is 13.2 Å². The molecule has 4 amide bonds. The molecule has 5 atom stereocenters. The number of hydrogen-bond acceptors (Lipinski definition) is 11. The standard InChI is InChI=1S/C39H54ClN5O10S/c1-10-16-38(17-18-38)55-56(50,51)44-34(48)39(21-23(39)11-2)43-32(46)27-19-24(53-28-20-29(52-12-3)41-30-25(28)14-13-15-26(30)40)22-45(27)33(47)31(36(4,5)6)42-35(49)54-37(7,8)9/h11,13-15,20,23-24,27,31H,2,10,12,16-19,21-22H2,1,3-9H3,(H,42,49)(H,43,46)(H,44,48)/t23-,24-,27+,31-,39-/m1/s1. The predicted octanol–water partition coefficient (Wildman–Crippen LogP) is 5.35. The van der Waals surface area contributed by atoms with Crippen molar-refractivity contribution in [2.45, 2.75) is 129 Å². The number of halogens is 1. The molecular formula is C39H54ClN5O10S. The van der Waals surface area contributed by atoms with E-state index < -0.39 is 80.4 Å². The molecule has 56 heavy (non-hydrogen) atoms. The highest BCUT2D eigenvalue weighted by molar-refractivity contribution is 7.85. The van der Waals surface area contributed by atoms with Gasteiger partial charge >= 0.3 is 16.4 Å². The molecule has 3 fully saturated rings. The first-order valence-electron chi connectivity index (χ1n) is 19.0. The van der Waals surface area contributed by atoms with Crippen molar-refractivity contribution in [3.63, 3.8) is 0 Å². The van der Waals surface area contributed by atoms with E-state index >= 15 is 0 Å². The van der Waals surface area contributed by atoms with Crippen molar-refractivity contribution >= 4 is 56.6 Å². The van der Waals surface area contributed by atoms with Gasteiger partial charge in [-0.05, 0) is 70.9 Å². The molecule has 0 unspecified atom stereocenters. The molecule has 0 bridgehead atoms. The number of para-hydroxylation sites is 1. The fourth-order valence-corrected chi connectivity index (χ4v) is 8.42. The van der Waals surface area contributed by atoms with E-state index in [2.05, 4.69) is 22.2 Å². The first-order chi connectivity index (χ1) is 26.1. The maximum atomic E-state index is 14.6. The maximum absolute atomic E-state index is 14.6. The highest BCUT2D eigenvalue weighted by Crippen LogP contribution is 2.47. The van der Waals surface area contributed by atoms with Gasteiger partial charge in [0, 0.05) is 23.8 Å². The van der Waals surface area contributed by atoms with Crippen LogP contribution in [-0.2, 0) is 33.6 Å². The monoisotopic (exact) mass is 819 g/mol. The molecule has 0 radical (unpaired) electrons. The number of benzene rings is 1. The van der Waals surface area contributed by atoms with Crippen molar-refractivity contribution in [1.29, 1.82) is 0 Å². The summed E-state index contributed by atoms with van der Waals surface area (Å²) in [7, 11) is -4.52. The van der Waals surface area contributed by atoms with Crippen LogP contribution in [0.2, 0.25) is 5.02 Å². The molecule has 2 heterocycles. The van der Waals surface area contributed by atoms with E-state index in [9.17, 15) is 27.6 Å². The lowest BCUT2D eigenvalue weighted by atomic mass is 9.85. The second-order valence-electron chi connectivity index (χ2n) is 16.9. The molecule has 1 saturated heterocycles. The van der Waals surface area contributed by atoms with Gasteiger partial charge < -0.3 is 29.7 Å². The van der Waals surface area contributed by atoms with Gasteiger partial charge in [0.1, 0.15) is 35.1 Å². The normalized spacial score (nSPS) is 23.4. The summed E-state index contributed by atoms with van der Waals surface area (Å²) in [6.45, 7) is 18.1. The highest BCUT2D eigenvalue weighted by Gasteiger charge is 2.62. The van der Waals surface area contributed by atoms with Gasteiger partial charge in [-0.2, -0.15) is 8.42 Å². The Balaban J connectivity index is 1.46. The Hall–Kier alpha value is -4.15. The van der Waals surface area contributed by atoms with Gasteiger partial charge in [0.05, 0.1) is 29.3 Å². The van der Waals surface area contributed by atoms with Crippen LogP contribution in [0.1, 0.15) is 93.9 Å². The number of carbonyl (C=O) groups excluding carboxylic acids is 4. The molecule has 1 aromatic heterocycles. The average Bonchev–Trinajstić information content (AvgIpc) is 3.96. The third-order valence-electron chi connectivity index (χ3n) is 10.0. The molecule has 2 aliphatic carbocycles. The van der Waals surface area contributed by atoms with E-state index in [-0.39, 0.29) is 25.3 Å². The molecule has 2 saturated carbocycles. The highest BCUT2D eigenvalue weighted by atomic mass is 35.5. The Morgan fingerprint density at radius 3 is 2.39 bits per heavy atom. The number of nitrogens with one attached hydrogen (secondary N) is 3. The largest absolute Gasteiger partial charge is 0.488 e. The predicted molar refractivity (Wildman–Crippen MR) is 209 cm³/mol. The van der Waals surface area contributed by atoms with Gasteiger partial charge in [0.25, 0.3) is 5.91 Å². The lowest BCUT2D eigenvalue weighted by Gasteiger charge is -2.36. The zero-order valence-electron chi connectivity index (χ0n) is 33.3. The number of carbonyl (C=O) groups is 4. The van der Waals surface area contributed by atoms with Crippen LogP contribution in [0.15, 0.2) is 36.9 Å². The van der Waals surface area contributed by atoms with Crippen LogP contribution < -0.4 is 24.8 Å². The summed E-state index contributed by atoms with van der Waals surface area (Å²) in [4.78, 5) is 61.6. The van der Waals surface area contributed by atoms with Crippen LogP contribution >= 0.6 is 11.6 Å². The number of ether oxygens (including phenoxy) is 3. The summed E-state index contributed by atoms with van der Waals surface area (Å²) in [6, 6.07) is 4.43. The zero-order chi connectivity index (χ0) is 41.4. The van der Waals surface area contributed by atoms with Gasteiger partial charge in [-0.25, -0.2) is 18.7 Å². The molecule has 3 N–H and O–H groups in total.